The molecule has 1 amide bonds. The highest BCUT2D eigenvalue weighted by Gasteiger charge is 2.28. The van der Waals surface area contributed by atoms with Crippen LogP contribution in [0.25, 0.3) is 0 Å². The first kappa shape index (κ1) is 21.9. The minimum atomic E-state index is -3.44. The van der Waals surface area contributed by atoms with Gasteiger partial charge >= 0.3 is 0 Å². The number of sulfonamides is 1. The zero-order valence-electron chi connectivity index (χ0n) is 17.4. The first-order valence-corrected chi connectivity index (χ1v) is 12.0. The van der Waals surface area contributed by atoms with E-state index >= 15 is 0 Å². The first-order valence-electron chi connectivity index (χ1n) is 10.4. The first-order chi connectivity index (χ1) is 13.9. The van der Waals surface area contributed by atoms with Crippen molar-refractivity contribution in [1.29, 1.82) is 0 Å². The van der Waals surface area contributed by atoms with Gasteiger partial charge in [0.25, 0.3) is 0 Å². The molecule has 1 N–H and O–H groups in total. The van der Waals surface area contributed by atoms with Crippen molar-refractivity contribution in [3.63, 3.8) is 0 Å². The van der Waals surface area contributed by atoms with Gasteiger partial charge in [0.05, 0.1) is 20.0 Å². The predicted octanol–water partition coefficient (Wildman–Crippen LogP) is 2.48. The average Bonchev–Trinajstić information content (AvgIpc) is 3.24. The number of fused-ring (bicyclic) bond motifs is 1. The summed E-state index contributed by atoms with van der Waals surface area (Å²) in [7, 11) is -0.285. The van der Waals surface area contributed by atoms with Crippen LogP contribution in [-0.4, -0.2) is 51.7 Å². The van der Waals surface area contributed by atoms with Crippen LogP contribution in [0.1, 0.15) is 49.7 Å². The molecule has 0 saturated heterocycles. The summed E-state index contributed by atoms with van der Waals surface area (Å²) in [5.41, 5.74) is 2.01. The summed E-state index contributed by atoms with van der Waals surface area (Å²) in [5.74, 6) is 1.79. The van der Waals surface area contributed by atoms with Crippen molar-refractivity contribution in [3.05, 3.63) is 23.3 Å². The molecule has 1 fully saturated rings. The Hall–Kier alpha value is -1.80. The number of ether oxygens (including phenoxy) is 2. The zero-order valence-corrected chi connectivity index (χ0v) is 18.2. The number of amides is 1. The van der Waals surface area contributed by atoms with E-state index in [9.17, 15) is 13.2 Å². The number of benzene rings is 1. The molecule has 1 aliphatic heterocycles. The fraction of sp³-hybridized carbons (Fsp3) is 0.667. The molecule has 29 heavy (non-hydrogen) atoms. The lowest BCUT2D eigenvalue weighted by Crippen LogP contribution is -2.40. The second-order valence-electron chi connectivity index (χ2n) is 7.91. The quantitative estimate of drug-likeness (QED) is 0.658. The minimum Gasteiger partial charge on any atom is -0.493 e. The van der Waals surface area contributed by atoms with Crippen molar-refractivity contribution in [2.75, 3.05) is 33.1 Å². The fourth-order valence-corrected chi connectivity index (χ4v) is 5.59. The Bertz CT molecular complexity index is 819. The number of rotatable bonds is 9. The standard InChI is InChI=1S/C21H32N2O5S/c1-27-19-13-17-9-11-23(15-18(17)14-20(19)28-2)29(25,26)12-10-22-21(24)8-7-16-5-3-4-6-16/h13-14,16H,3-12,15H2,1-2H3,(H,22,24). The molecule has 0 unspecified atom stereocenters. The number of nitrogens with zero attached hydrogens (tertiary/aromatic N) is 1. The van der Waals surface area contributed by atoms with E-state index in [1.165, 1.54) is 30.0 Å². The molecule has 1 aliphatic carbocycles. The summed E-state index contributed by atoms with van der Waals surface area (Å²) in [6.07, 6.45) is 6.99. The summed E-state index contributed by atoms with van der Waals surface area (Å²) in [6, 6.07) is 3.77. The Balaban J connectivity index is 1.50. The fourth-order valence-electron chi connectivity index (χ4n) is 4.27. The lowest BCUT2D eigenvalue weighted by atomic mass is 10.0. The highest BCUT2D eigenvalue weighted by molar-refractivity contribution is 7.89. The molecule has 0 spiro atoms. The molecule has 7 nitrogen and oxygen atoms in total. The molecule has 0 atom stereocenters. The van der Waals surface area contributed by atoms with Crippen molar-refractivity contribution in [3.8, 4) is 11.5 Å². The van der Waals surface area contributed by atoms with Gasteiger partial charge in [-0.1, -0.05) is 25.7 Å². The van der Waals surface area contributed by atoms with E-state index in [0.29, 0.717) is 43.3 Å². The van der Waals surface area contributed by atoms with Gasteiger partial charge in [-0.15, -0.1) is 0 Å². The van der Waals surface area contributed by atoms with Crippen LogP contribution in [0, 0.1) is 5.92 Å². The van der Waals surface area contributed by atoms with Crippen LogP contribution in [-0.2, 0) is 27.8 Å². The molecule has 1 saturated carbocycles. The van der Waals surface area contributed by atoms with Gasteiger partial charge in [0.1, 0.15) is 0 Å². The van der Waals surface area contributed by atoms with Gasteiger partial charge in [0.2, 0.25) is 15.9 Å². The van der Waals surface area contributed by atoms with Crippen molar-refractivity contribution in [2.45, 2.75) is 51.5 Å². The number of nitrogens with one attached hydrogen (secondary N) is 1. The van der Waals surface area contributed by atoms with Crippen LogP contribution >= 0.6 is 0 Å². The molecule has 1 aromatic carbocycles. The smallest absolute Gasteiger partial charge is 0.220 e. The van der Waals surface area contributed by atoms with Gasteiger partial charge in [-0.25, -0.2) is 8.42 Å². The van der Waals surface area contributed by atoms with Crippen LogP contribution in [0.15, 0.2) is 12.1 Å². The molecule has 8 heteroatoms. The number of carbonyl (C=O) groups is 1. The van der Waals surface area contributed by atoms with E-state index in [1.54, 1.807) is 14.2 Å². The Morgan fingerprint density at radius 3 is 2.45 bits per heavy atom. The maximum absolute atomic E-state index is 12.7. The van der Waals surface area contributed by atoms with Crippen molar-refractivity contribution in [1.82, 2.24) is 9.62 Å². The summed E-state index contributed by atoms with van der Waals surface area (Å²) in [5, 5.41) is 2.77. The van der Waals surface area contributed by atoms with Crippen molar-refractivity contribution < 1.29 is 22.7 Å². The van der Waals surface area contributed by atoms with Crippen LogP contribution in [0.2, 0.25) is 0 Å². The van der Waals surface area contributed by atoms with E-state index in [-0.39, 0.29) is 18.2 Å². The van der Waals surface area contributed by atoms with Crippen LogP contribution in [0.4, 0.5) is 0 Å². The van der Waals surface area contributed by atoms with Crippen molar-refractivity contribution >= 4 is 15.9 Å². The van der Waals surface area contributed by atoms with E-state index in [1.807, 2.05) is 12.1 Å². The third-order valence-corrected chi connectivity index (χ3v) is 7.83. The van der Waals surface area contributed by atoms with Crippen LogP contribution in [0.5, 0.6) is 11.5 Å². The number of methoxy groups -OCH3 is 2. The van der Waals surface area contributed by atoms with E-state index in [4.69, 9.17) is 9.47 Å². The molecule has 1 heterocycles. The summed E-state index contributed by atoms with van der Waals surface area (Å²) >= 11 is 0. The summed E-state index contributed by atoms with van der Waals surface area (Å²) < 4.78 is 37.6. The largest absolute Gasteiger partial charge is 0.493 e. The maximum Gasteiger partial charge on any atom is 0.220 e. The maximum atomic E-state index is 12.7. The highest BCUT2D eigenvalue weighted by Crippen LogP contribution is 2.33. The molecule has 2 aliphatic rings. The Morgan fingerprint density at radius 1 is 1.14 bits per heavy atom. The number of hydrogen-bond acceptors (Lipinski definition) is 5. The van der Waals surface area contributed by atoms with Crippen LogP contribution in [0.3, 0.4) is 0 Å². The van der Waals surface area contributed by atoms with Gasteiger partial charge in [0, 0.05) is 26.1 Å². The zero-order chi connectivity index (χ0) is 20.9. The van der Waals surface area contributed by atoms with Gasteiger partial charge in [-0.3, -0.25) is 4.79 Å². The second-order valence-corrected chi connectivity index (χ2v) is 10.0. The van der Waals surface area contributed by atoms with Crippen LogP contribution < -0.4 is 14.8 Å². The second kappa shape index (κ2) is 9.80. The van der Waals surface area contributed by atoms with E-state index in [2.05, 4.69) is 5.32 Å². The Kier molecular flexibility index (Phi) is 7.40. The average molecular weight is 425 g/mol. The molecule has 162 valence electrons. The van der Waals surface area contributed by atoms with Gasteiger partial charge in [0.15, 0.2) is 11.5 Å². The van der Waals surface area contributed by atoms with Gasteiger partial charge in [-0.05, 0) is 42.0 Å². The molecular formula is C21H32N2O5S. The van der Waals surface area contributed by atoms with Gasteiger partial charge in [-0.2, -0.15) is 4.31 Å². The lowest BCUT2D eigenvalue weighted by molar-refractivity contribution is -0.121. The third-order valence-electron chi connectivity index (χ3n) is 6.01. The molecule has 1 aromatic rings. The molecule has 0 radical (unpaired) electrons. The monoisotopic (exact) mass is 424 g/mol. The molecule has 0 aromatic heterocycles. The summed E-state index contributed by atoms with van der Waals surface area (Å²) in [6.45, 7) is 0.898. The Morgan fingerprint density at radius 2 is 1.79 bits per heavy atom. The lowest BCUT2D eigenvalue weighted by Gasteiger charge is -2.29. The topological polar surface area (TPSA) is 84.9 Å². The van der Waals surface area contributed by atoms with Crippen molar-refractivity contribution in [2.24, 2.45) is 5.92 Å². The minimum absolute atomic E-state index is 0.0482. The predicted molar refractivity (Wildman–Crippen MR) is 112 cm³/mol. The molecule has 3 rings (SSSR count). The van der Waals surface area contributed by atoms with E-state index in [0.717, 1.165) is 17.5 Å². The van der Waals surface area contributed by atoms with E-state index < -0.39 is 10.0 Å². The highest BCUT2D eigenvalue weighted by atomic mass is 32.2. The SMILES string of the molecule is COc1cc2c(cc1OC)CN(S(=O)(=O)CCNC(=O)CCC1CCCC1)CC2. The molecule has 0 bridgehead atoms. The third kappa shape index (κ3) is 5.63. The Labute approximate surface area is 173 Å². The number of carbonyl (C=O) groups excluding carboxylic acids is 1. The van der Waals surface area contributed by atoms with Gasteiger partial charge < -0.3 is 14.8 Å². The number of hydrogen-bond donors (Lipinski definition) is 1. The summed E-state index contributed by atoms with van der Waals surface area (Å²) in [4.78, 5) is 12.0. The molecular weight excluding hydrogens is 392 g/mol. The normalized spacial score (nSPS) is 17.7.